The molecule has 1 aromatic rings. The number of hydrogen-bond acceptors (Lipinski definition) is 2. The Morgan fingerprint density at radius 3 is 2.50 bits per heavy atom. The zero-order valence-corrected chi connectivity index (χ0v) is 8.31. The molecule has 14 heavy (non-hydrogen) atoms. The minimum Gasteiger partial charge on any atom is -0.480 e. The Morgan fingerprint density at radius 1 is 1.36 bits per heavy atom. The van der Waals surface area contributed by atoms with Crippen molar-refractivity contribution in [2.45, 2.75) is 13.3 Å². The van der Waals surface area contributed by atoms with Gasteiger partial charge in [0.05, 0.1) is 0 Å². The van der Waals surface area contributed by atoms with Gasteiger partial charge in [-0.15, -0.1) is 0 Å². The largest absolute Gasteiger partial charge is 0.480 e. The molecule has 0 saturated carbocycles. The summed E-state index contributed by atoms with van der Waals surface area (Å²) in [5.41, 5.74) is 0.969. The second-order valence-electron chi connectivity index (χ2n) is 3.15. The molecular formula is C11H15NO2. The van der Waals surface area contributed by atoms with Gasteiger partial charge in [0.25, 0.3) is 0 Å². The molecule has 0 atom stereocenters. The van der Waals surface area contributed by atoms with E-state index in [0.717, 1.165) is 18.7 Å². The lowest BCUT2D eigenvalue weighted by Gasteiger charge is -2.21. The topological polar surface area (TPSA) is 40.5 Å². The number of anilines is 1. The molecule has 76 valence electrons. The Labute approximate surface area is 84.0 Å². The maximum atomic E-state index is 10.6. The van der Waals surface area contributed by atoms with Crippen LogP contribution < -0.4 is 4.90 Å². The van der Waals surface area contributed by atoms with Crippen molar-refractivity contribution in [2.75, 3.05) is 18.0 Å². The lowest BCUT2D eigenvalue weighted by molar-refractivity contribution is -0.135. The first kappa shape index (κ1) is 10.6. The quantitative estimate of drug-likeness (QED) is 0.777. The van der Waals surface area contributed by atoms with E-state index in [0.29, 0.717) is 0 Å². The second-order valence-corrected chi connectivity index (χ2v) is 3.15. The summed E-state index contributed by atoms with van der Waals surface area (Å²) >= 11 is 0. The molecule has 0 saturated heterocycles. The van der Waals surface area contributed by atoms with Crippen molar-refractivity contribution < 1.29 is 9.90 Å². The first-order valence-corrected chi connectivity index (χ1v) is 4.76. The summed E-state index contributed by atoms with van der Waals surface area (Å²) in [6.07, 6.45) is 0.947. The van der Waals surface area contributed by atoms with Crippen molar-refractivity contribution in [1.29, 1.82) is 0 Å². The molecule has 3 nitrogen and oxygen atoms in total. The van der Waals surface area contributed by atoms with Gasteiger partial charge in [0.1, 0.15) is 6.54 Å². The van der Waals surface area contributed by atoms with Crippen LogP contribution in [0.1, 0.15) is 13.3 Å². The molecule has 0 aliphatic carbocycles. The highest BCUT2D eigenvalue weighted by atomic mass is 16.4. The highest BCUT2D eigenvalue weighted by molar-refractivity contribution is 5.73. The van der Waals surface area contributed by atoms with Gasteiger partial charge in [0.15, 0.2) is 0 Å². The standard InChI is InChI=1S/C11H15NO2/c1-2-8-12(9-11(13)14)10-6-4-3-5-7-10/h3-7H,2,8-9H2,1H3,(H,13,14). The normalized spacial score (nSPS) is 9.79. The summed E-state index contributed by atoms with van der Waals surface area (Å²) in [6.45, 7) is 2.88. The van der Waals surface area contributed by atoms with Crippen LogP contribution in [0, 0.1) is 0 Å². The molecule has 0 heterocycles. The summed E-state index contributed by atoms with van der Waals surface area (Å²) in [7, 11) is 0. The van der Waals surface area contributed by atoms with Gasteiger partial charge >= 0.3 is 5.97 Å². The van der Waals surface area contributed by atoms with E-state index < -0.39 is 5.97 Å². The Morgan fingerprint density at radius 2 is 2.00 bits per heavy atom. The van der Waals surface area contributed by atoms with E-state index in [9.17, 15) is 4.79 Å². The Balaban J connectivity index is 2.72. The van der Waals surface area contributed by atoms with Crippen LogP contribution in [0.25, 0.3) is 0 Å². The minimum absolute atomic E-state index is 0.0673. The van der Waals surface area contributed by atoms with Crippen molar-refractivity contribution >= 4 is 11.7 Å². The van der Waals surface area contributed by atoms with Crippen molar-refractivity contribution in [3.8, 4) is 0 Å². The number of aliphatic carboxylic acids is 1. The van der Waals surface area contributed by atoms with Crippen LogP contribution in [0.2, 0.25) is 0 Å². The summed E-state index contributed by atoms with van der Waals surface area (Å²) in [4.78, 5) is 12.5. The van der Waals surface area contributed by atoms with Gasteiger partial charge in [-0.05, 0) is 18.6 Å². The molecule has 0 aliphatic rings. The number of nitrogens with zero attached hydrogens (tertiary/aromatic N) is 1. The molecule has 0 spiro atoms. The maximum Gasteiger partial charge on any atom is 0.323 e. The SMILES string of the molecule is CCCN(CC(=O)O)c1ccccc1. The van der Waals surface area contributed by atoms with E-state index in [4.69, 9.17) is 5.11 Å². The Bertz CT molecular complexity index is 285. The molecule has 0 amide bonds. The minimum atomic E-state index is -0.790. The lowest BCUT2D eigenvalue weighted by Crippen LogP contribution is -2.30. The summed E-state index contributed by atoms with van der Waals surface area (Å²) in [5.74, 6) is -0.790. The molecule has 0 fully saturated rings. The lowest BCUT2D eigenvalue weighted by atomic mass is 10.2. The molecule has 0 aliphatic heterocycles. The van der Waals surface area contributed by atoms with Crippen molar-refractivity contribution in [1.82, 2.24) is 0 Å². The highest BCUT2D eigenvalue weighted by Crippen LogP contribution is 2.12. The van der Waals surface area contributed by atoms with Crippen molar-refractivity contribution in [2.24, 2.45) is 0 Å². The van der Waals surface area contributed by atoms with Crippen LogP contribution >= 0.6 is 0 Å². The van der Waals surface area contributed by atoms with E-state index >= 15 is 0 Å². The third kappa shape index (κ3) is 3.09. The molecule has 3 heteroatoms. The molecule has 1 aromatic carbocycles. The zero-order chi connectivity index (χ0) is 10.4. The average Bonchev–Trinajstić information content (AvgIpc) is 2.18. The zero-order valence-electron chi connectivity index (χ0n) is 8.31. The van der Waals surface area contributed by atoms with Gasteiger partial charge < -0.3 is 10.0 Å². The Kier molecular flexibility index (Phi) is 3.98. The number of carboxylic acids is 1. The van der Waals surface area contributed by atoms with Gasteiger partial charge in [0.2, 0.25) is 0 Å². The molecule has 1 N–H and O–H groups in total. The fourth-order valence-corrected chi connectivity index (χ4v) is 1.37. The third-order valence-corrected chi connectivity index (χ3v) is 1.94. The fraction of sp³-hybridized carbons (Fsp3) is 0.364. The van der Waals surface area contributed by atoms with Crippen LogP contribution in [0.5, 0.6) is 0 Å². The second kappa shape index (κ2) is 5.27. The van der Waals surface area contributed by atoms with Crippen LogP contribution in [0.4, 0.5) is 5.69 Å². The summed E-state index contributed by atoms with van der Waals surface area (Å²) < 4.78 is 0. The highest BCUT2D eigenvalue weighted by Gasteiger charge is 2.08. The van der Waals surface area contributed by atoms with E-state index in [2.05, 4.69) is 0 Å². The van der Waals surface area contributed by atoms with Gasteiger partial charge in [0, 0.05) is 12.2 Å². The third-order valence-electron chi connectivity index (χ3n) is 1.94. The van der Waals surface area contributed by atoms with Gasteiger partial charge in [-0.1, -0.05) is 25.1 Å². The van der Waals surface area contributed by atoms with Gasteiger partial charge in [-0.25, -0.2) is 0 Å². The summed E-state index contributed by atoms with van der Waals surface area (Å²) in [6, 6.07) is 9.62. The van der Waals surface area contributed by atoms with Crippen LogP contribution in [0.3, 0.4) is 0 Å². The number of para-hydroxylation sites is 1. The number of carbonyl (C=O) groups is 1. The predicted octanol–water partition coefficient (Wildman–Crippen LogP) is 1.99. The molecule has 0 aromatic heterocycles. The number of hydrogen-bond donors (Lipinski definition) is 1. The number of benzene rings is 1. The molecule has 1 rings (SSSR count). The van der Waals surface area contributed by atoms with E-state index in [-0.39, 0.29) is 6.54 Å². The van der Waals surface area contributed by atoms with Crippen LogP contribution in [0.15, 0.2) is 30.3 Å². The predicted molar refractivity (Wildman–Crippen MR) is 56.6 cm³/mol. The van der Waals surface area contributed by atoms with Crippen molar-refractivity contribution in [3.05, 3.63) is 30.3 Å². The molecule has 0 bridgehead atoms. The number of rotatable bonds is 5. The van der Waals surface area contributed by atoms with Gasteiger partial charge in [-0.3, -0.25) is 4.79 Å². The molecule has 0 unspecified atom stereocenters. The van der Waals surface area contributed by atoms with Crippen LogP contribution in [-0.2, 0) is 4.79 Å². The Hall–Kier alpha value is -1.51. The monoisotopic (exact) mass is 193 g/mol. The van der Waals surface area contributed by atoms with E-state index in [1.165, 1.54) is 0 Å². The first-order valence-electron chi connectivity index (χ1n) is 4.76. The van der Waals surface area contributed by atoms with E-state index in [1.807, 2.05) is 42.2 Å². The summed E-state index contributed by atoms with van der Waals surface area (Å²) in [5, 5.41) is 8.73. The molecule has 0 radical (unpaired) electrons. The average molecular weight is 193 g/mol. The van der Waals surface area contributed by atoms with Crippen LogP contribution in [-0.4, -0.2) is 24.2 Å². The van der Waals surface area contributed by atoms with E-state index in [1.54, 1.807) is 0 Å². The van der Waals surface area contributed by atoms with Crippen molar-refractivity contribution in [3.63, 3.8) is 0 Å². The van der Waals surface area contributed by atoms with Gasteiger partial charge in [-0.2, -0.15) is 0 Å². The first-order chi connectivity index (χ1) is 6.74. The number of carboxylic acid groups (broad SMARTS) is 1. The molecular weight excluding hydrogens is 178 g/mol. The fourth-order valence-electron chi connectivity index (χ4n) is 1.37. The maximum absolute atomic E-state index is 10.6. The smallest absolute Gasteiger partial charge is 0.323 e.